The third kappa shape index (κ3) is 19.1. The van der Waals surface area contributed by atoms with E-state index in [2.05, 4.69) is 13.8 Å². The number of thioether (sulfide) groups is 1. The normalized spacial score (nSPS) is 15.9. The quantitative estimate of drug-likeness (QED) is 0.0775. The van der Waals surface area contributed by atoms with E-state index in [1.54, 1.807) is 6.92 Å². The fourth-order valence-corrected chi connectivity index (χ4v) is 6.81. The monoisotopic (exact) mass is 552 g/mol. The summed E-state index contributed by atoms with van der Waals surface area (Å²) in [4.78, 5) is 21.9. The molecule has 216 valence electrons. The summed E-state index contributed by atoms with van der Waals surface area (Å²) >= 11 is 1.83. The van der Waals surface area contributed by atoms with Gasteiger partial charge in [0.2, 0.25) is 0 Å². The van der Waals surface area contributed by atoms with Gasteiger partial charge in [-0.1, -0.05) is 117 Å². The topological polar surface area (TPSA) is 93.1 Å². The van der Waals surface area contributed by atoms with Crippen LogP contribution in [0.4, 0.5) is 0 Å². The molecule has 0 aromatic rings. The van der Waals surface area contributed by atoms with Gasteiger partial charge in [0.05, 0.1) is 12.7 Å². The van der Waals surface area contributed by atoms with Crippen molar-refractivity contribution in [3.8, 4) is 0 Å². The lowest BCUT2D eigenvalue weighted by Crippen LogP contribution is -2.34. The largest absolute Gasteiger partial charge is 0.479 e. The van der Waals surface area contributed by atoms with Crippen LogP contribution in [0, 0.1) is 0 Å². The molecule has 0 amide bonds. The van der Waals surface area contributed by atoms with Crippen molar-refractivity contribution in [2.75, 3.05) is 12.4 Å². The van der Waals surface area contributed by atoms with Gasteiger partial charge in [0.1, 0.15) is 0 Å². The maximum Gasteiger partial charge on any atom is 0.368 e. The molecular weight excluding hydrogens is 495 g/mol. The molecule has 0 bridgehead atoms. The second-order valence-corrected chi connectivity index (χ2v) is 13.3. The Labute approximate surface area is 226 Å². The van der Waals surface area contributed by atoms with E-state index < -0.39 is 25.5 Å². The van der Waals surface area contributed by atoms with Gasteiger partial charge in [-0.05, 0) is 31.9 Å². The highest BCUT2D eigenvalue weighted by atomic mass is 32.2. The fourth-order valence-electron chi connectivity index (χ4n) is 4.26. The molecule has 0 aliphatic carbocycles. The first kappa shape index (κ1) is 35.9. The summed E-state index contributed by atoms with van der Waals surface area (Å²) < 4.78 is 23.2. The zero-order chi connectivity index (χ0) is 27.1. The van der Waals surface area contributed by atoms with E-state index in [9.17, 15) is 19.4 Å². The highest BCUT2D eigenvalue weighted by Gasteiger charge is 2.42. The molecule has 0 aromatic carbocycles. The second kappa shape index (κ2) is 24.0. The summed E-state index contributed by atoms with van der Waals surface area (Å²) in [6.07, 6.45) is 21.2. The van der Waals surface area contributed by atoms with Gasteiger partial charge in [0, 0.05) is 5.25 Å². The molecule has 0 heterocycles. The number of unbranched alkanes of at least 4 members (excludes halogenated alkanes) is 14. The van der Waals surface area contributed by atoms with Crippen molar-refractivity contribution in [1.29, 1.82) is 0 Å². The Morgan fingerprint density at radius 2 is 1.25 bits per heavy atom. The molecule has 0 saturated heterocycles. The van der Waals surface area contributed by atoms with Crippen molar-refractivity contribution in [3.63, 3.8) is 0 Å². The number of carboxylic acids is 1. The molecule has 0 aliphatic heterocycles. The first-order valence-electron chi connectivity index (χ1n) is 14.8. The molecule has 8 heteroatoms. The van der Waals surface area contributed by atoms with Crippen LogP contribution in [-0.2, 0) is 18.6 Å². The minimum atomic E-state index is -4.40. The highest BCUT2D eigenvalue weighted by Crippen LogP contribution is 2.49. The minimum absolute atomic E-state index is 0.0317. The smallest absolute Gasteiger partial charge is 0.368 e. The predicted molar refractivity (Wildman–Crippen MR) is 154 cm³/mol. The van der Waals surface area contributed by atoms with E-state index in [4.69, 9.17) is 9.26 Å². The Kier molecular flexibility index (Phi) is 24.0. The zero-order valence-corrected chi connectivity index (χ0v) is 25.5. The number of ether oxygens (including phenoxy) is 1. The summed E-state index contributed by atoms with van der Waals surface area (Å²) in [6, 6.07) is 0. The standard InChI is InChI=1S/C28H57O6PS/c1-5-8-10-12-14-15-16-17-19-21-24-36-26(22-20-18-13-11-9-6-2)25(4)34-28(27(29)30)35(31,32)33-23-7-3/h25-26,28H,5-24H2,1-4H3,(H,29,30)(H,31,32). The molecule has 2 N–H and O–H groups in total. The zero-order valence-electron chi connectivity index (χ0n) is 23.8. The summed E-state index contributed by atoms with van der Waals surface area (Å²) in [5.74, 6) is -2.28. The van der Waals surface area contributed by atoms with Gasteiger partial charge >= 0.3 is 13.6 Å². The van der Waals surface area contributed by atoms with Crippen molar-refractivity contribution >= 4 is 25.3 Å². The van der Waals surface area contributed by atoms with Gasteiger partial charge < -0.3 is 19.3 Å². The first-order valence-corrected chi connectivity index (χ1v) is 17.5. The Morgan fingerprint density at radius 1 is 0.778 bits per heavy atom. The number of aliphatic carboxylic acids is 1. The number of carbonyl (C=O) groups is 1. The van der Waals surface area contributed by atoms with E-state index in [1.165, 1.54) is 83.5 Å². The molecule has 0 saturated carbocycles. The third-order valence-corrected chi connectivity index (χ3v) is 9.59. The molecule has 0 spiro atoms. The maximum absolute atomic E-state index is 12.5. The van der Waals surface area contributed by atoms with Crippen molar-refractivity contribution in [2.24, 2.45) is 0 Å². The Morgan fingerprint density at radius 3 is 1.72 bits per heavy atom. The first-order chi connectivity index (χ1) is 17.3. The Bertz CT molecular complexity index is 562. The van der Waals surface area contributed by atoms with Crippen molar-refractivity contribution < 1.29 is 28.6 Å². The van der Waals surface area contributed by atoms with E-state index in [0.717, 1.165) is 31.4 Å². The fraction of sp³-hybridized carbons (Fsp3) is 0.964. The van der Waals surface area contributed by atoms with Crippen LogP contribution >= 0.6 is 19.4 Å². The lowest BCUT2D eigenvalue weighted by molar-refractivity contribution is -0.148. The van der Waals surface area contributed by atoms with Crippen LogP contribution in [0.15, 0.2) is 0 Å². The van der Waals surface area contributed by atoms with Crippen molar-refractivity contribution in [1.82, 2.24) is 0 Å². The lowest BCUT2D eigenvalue weighted by atomic mass is 10.1. The van der Waals surface area contributed by atoms with Crippen LogP contribution in [0.2, 0.25) is 0 Å². The number of carboxylic acid groups (broad SMARTS) is 1. The lowest BCUT2D eigenvalue weighted by Gasteiger charge is -2.28. The minimum Gasteiger partial charge on any atom is -0.479 e. The van der Waals surface area contributed by atoms with E-state index in [1.807, 2.05) is 18.7 Å². The maximum atomic E-state index is 12.5. The summed E-state index contributed by atoms with van der Waals surface area (Å²) in [5, 5.41) is 9.67. The van der Waals surface area contributed by atoms with Gasteiger partial charge in [0.15, 0.2) is 0 Å². The summed E-state index contributed by atoms with van der Waals surface area (Å²) in [5.41, 5.74) is 0. The number of rotatable bonds is 27. The van der Waals surface area contributed by atoms with Gasteiger partial charge in [-0.3, -0.25) is 4.57 Å². The second-order valence-electron chi connectivity index (χ2n) is 10.1. The Hall–Kier alpha value is -0.0700. The van der Waals surface area contributed by atoms with Crippen LogP contribution in [0.1, 0.15) is 143 Å². The molecule has 0 aliphatic rings. The molecular formula is C28H57O6PS. The predicted octanol–water partition coefficient (Wildman–Crippen LogP) is 9.19. The number of hydrogen-bond acceptors (Lipinski definition) is 5. The molecule has 0 aromatic heterocycles. The summed E-state index contributed by atoms with van der Waals surface area (Å²) in [7, 11) is -4.40. The van der Waals surface area contributed by atoms with E-state index in [-0.39, 0.29) is 11.9 Å². The van der Waals surface area contributed by atoms with Gasteiger partial charge in [-0.25, -0.2) is 4.79 Å². The number of hydrogen-bond donors (Lipinski definition) is 2. The van der Waals surface area contributed by atoms with Crippen LogP contribution in [0.3, 0.4) is 0 Å². The molecule has 0 radical (unpaired) electrons. The summed E-state index contributed by atoms with van der Waals surface area (Å²) in [6.45, 7) is 8.13. The van der Waals surface area contributed by atoms with E-state index in [0.29, 0.717) is 6.42 Å². The average Bonchev–Trinajstić information content (AvgIpc) is 2.84. The molecule has 6 nitrogen and oxygen atoms in total. The average molecular weight is 553 g/mol. The van der Waals surface area contributed by atoms with E-state index >= 15 is 0 Å². The molecule has 4 atom stereocenters. The SMILES string of the molecule is CCCCCCCCCCCCSC(CCCCCCCC)C(C)OC(C(=O)O)P(=O)(O)OCCC. The van der Waals surface area contributed by atoms with Crippen molar-refractivity contribution in [3.05, 3.63) is 0 Å². The molecule has 4 unspecified atom stereocenters. The molecule has 36 heavy (non-hydrogen) atoms. The highest BCUT2D eigenvalue weighted by molar-refractivity contribution is 7.99. The van der Waals surface area contributed by atoms with Gasteiger partial charge in [-0.15, -0.1) is 0 Å². The van der Waals surface area contributed by atoms with Crippen LogP contribution < -0.4 is 0 Å². The Balaban J connectivity index is 4.64. The third-order valence-electron chi connectivity index (χ3n) is 6.53. The molecule has 0 rings (SSSR count). The van der Waals surface area contributed by atoms with Crippen molar-refractivity contribution in [2.45, 2.75) is 160 Å². The van der Waals surface area contributed by atoms with Crippen LogP contribution in [0.5, 0.6) is 0 Å². The van der Waals surface area contributed by atoms with Gasteiger partial charge in [0.25, 0.3) is 5.85 Å². The molecule has 0 fully saturated rings. The van der Waals surface area contributed by atoms with Crippen LogP contribution in [-0.4, -0.2) is 45.5 Å². The van der Waals surface area contributed by atoms with Gasteiger partial charge in [-0.2, -0.15) is 11.8 Å². The van der Waals surface area contributed by atoms with Crippen LogP contribution in [0.25, 0.3) is 0 Å².